The van der Waals surface area contributed by atoms with Gasteiger partial charge in [0.15, 0.2) is 0 Å². The summed E-state index contributed by atoms with van der Waals surface area (Å²) in [6, 6.07) is 0. The first-order valence-corrected chi connectivity index (χ1v) is 14.9. The van der Waals surface area contributed by atoms with Gasteiger partial charge in [-0.3, -0.25) is 9.35 Å². The van der Waals surface area contributed by atoms with Crippen LogP contribution in [-0.4, -0.2) is 31.2 Å². The molecule has 0 saturated carbocycles. The van der Waals surface area contributed by atoms with Gasteiger partial charge in [0.25, 0.3) is 10.1 Å². The zero-order valence-corrected chi connectivity index (χ0v) is 21.6. The smallest absolute Gasteiger partial charge is 0.264 e. The molecule has 0 aromatic carbocycles. The maximum Gasteiger partial charge on any atom is 0.264 e. The zero-order chi connectivity index (χ0) is 23.8. The third-order valence-corrected chi connectivity index (χ3v) is 6.62. The molecule has 2 N–H and O–H groups in total. The highest BCUT2D eigenvalue weighted by Gasteiger charge is 2.04. The summed E-state index contributed by atoms with van der Waals surface area (Å²) in [7, 11) is -3.88. The Morgan fingerprint density at radius 2 is 1.16 bits per heavy atom. The van der Waals surface area contributed by atoms with Gasteiger partial charge in [-0.15, -0.1) is 0 Å². The summed E-state index contributed by atoms with van der Waals surface area (Å²) in [5.41, 5.74) is 0. The van der Waals surface area contributed by atoms with E-state index >= 15 is 0 Å². The fourth-order valence-electron chi connectivity index (χ4n) is 3.79. The van der Waals surface area contributed by atoms with Crippen molar-refractivity contribution >= 4 is 16.0 Å². The molecule has 32 heavy (non-hydrogen) atoms. The molecule has 0 heterocycles. The van der Waals surface area contributed by atoms with Gasteiger partial charge in [-0.05, 0) is 44.9 Å². The highest BCUT2D eigenvalue weighted by molar-refractivity contribution is 7.85. The predicted octanol–water partition coefficient (Wildman–Crippen LogP) is 7.37. The van der Waals surface area contributed by atoms with E-state index < -0.39 is 10.1 Å². The maximum atomic E-state index is 11.7. The minimum Gasteiger partial charge on any atom is -0.356 e. The fourth-order valence-corrected chi connectivity index (χ4v) is 4.36. The Morgan fingerprint density at radius 1 is 0.688 bits per heavy atom. The molecular formula is C26H51NO4S. The summed E-state index contributed by atoms with van der Waals surface area (Å²) in [6.07, 6.45) is 28.1. The van der Waals surface area contributed by atoms with Crippen LogP contribution in [0.25, 0.3) is 0 Å². The average molecular weight is 474 g/mol. The molecule has 0 atom stereocenters. The largest absolute Gasteiger partial charge is 0.356 e. The van der Waals surface area contributed by atoms with Gasteiger partial charge < -0.3 is 5.32 Å². The summed E-state index contributed by atoms with van der Waals surface area (Å²) < 4.78 is 29.8. The van der Waals surface area contributed by atoms with Crippen molar-refractivity contribution in [1.29, 1.82) is 0 Å². The van der Waals surface area contributed by atoms with Crippen LogP contribution in [0, 0.1) is 0 Å². The average Bonchev–Trinajstić information content (AvgIpc) is 2.74. The van der Waals surface area contributed by atoms with Crippen LogP contribution in [0.3, 0.4) is 0 Å². The van der Waals surface area contributed by atoms with Gasteiger partial charge in [0.05, 0.1) is 5.75 Å². The molecule has 0 rings (SSSR count). The lowest BCUT2D eigenvalue weighted by atomic mass is 10.1. The van der Waals surface area contributed by atoms with Crippen LogP contribution in [-0.2, 0) is 14.9 Å². The van der Waals surface area contributed by atoms with E-state index in [4.69, 9.17) is 4.55 Å². The van der Waals surface area contributed by atoms with Crippen LogP contribution in [0.5, 0.6) is 0 Å². The van der Waals surface area contributed by atoms with Gasteiger partial charge in [-0.1, -0.05) is 96.1 Å². The van der Waals surface area contributed by atoms with Gasteiger partial charge >= 0.3 is 0 Å². The van der Waals surface area contributed by atoms with E-state index in [2.05, 4.69) is 24.4 Å². The summed E-state index contributed by atoms with van der Waals surface area (Å²) in [6.45, 7) is 2.74. The third kappa shape index (κ3) is 27.2. The van der Waals surface area contributed by atoms with Gasteiger partial charge in [0.1, 0.15) is 0 Å². The second-order valence-electron chi connectivity index (χ2n) is 9.09. The molecule has 0 fully saturated rings. The van der Waals surface area contributed by atoms with E-state index in [9.17, 15) is 13.2 Å². The lowest BCUT2D eigenvalue weighted by Crippen LogP contribution is -2.24. The SMILES string of the molecule is CCCCCCCC/C=C/CCCCCCCCCCCC(=O)NCCCCS(=O)(=O)O. The van der Waals surface area contributed by atoms with E-state index in [1.54, 1.807) is 0 Å². The van der Waals surface area contributed by atoms with Gasteiger partial charge in [0, 0.05) is 13.0 Å². The second kappa shape index (κ2) is 23.3. The molecule has 1 amide bonds. The lowest BCUT2D eigenvalue weighted by molar-refractivity contribution is -0.121. The Bertz CT molecular complexity index is 546. The summed E-state index contributed by atoms with van der Waals surface area (Å²) in [5.74, 6) is -0.197. The molecule has 0 aliphatic heterocycles. The predicted molar refractivity (Wildman–Crippen MR) is 137 cm³/mol. The quantitative estimate of drug-likeness (QED) is 0.0870. The van der Waals surface area contributed by atoms with Crippen molar-refractivity contribution in [2.24, 2.45) is 0 Å². The van der Waals surface area contributed by atoms with E-state index in [1.165, 1.54) is 96.3 Å². The standard InChI is InChI=1S/C26H51NO4S/c1-2-3-4-5-6-7-8-9-10-11-12-13-14-15-16-17-18-19-20-23-26(28)27-24-21-22-25-32(29,30)31/h9-10H,2-8,11-25H2,1H3,(H,27,28)(H,29,30,31)/b10-9+. The van der Waals surface area contributed by atoms with Gasteiger partial charge in [-0.25, -0.2) is 0 Å². The van der Waals surface area contributed by atoms with Crippen molar-refractivity contribution in [3.63, 3.8) is 0 Å². The second-order valence-corrected chi connectivity index (χ2v) is 10.7. The molecule has 0 radical (unpaired) electrons. The number of rotatable bonds is 24. The van der Waals surface area contributed by atoms with Crippen molar-refractivity contribution in [1.82, 2.24) is 5.32 Å². The van der Waals surface area contributed by atoms with Gasteiger partial charge in [0.2, 0.25) is 5.91 Å². The topological polar surface area (TPSA) is 83.5 Å². The Morgan fingerprint density at radius 3 is 1.66 bits per heavy atom. The van der Waals surface area contributed by atoms with Crippen molar-refractivity contribution < 1.29 is 17.8 Å². The summed E-state index contributed by atoms with van der Waals surface area (Å²) in [4.78, 5) is 11.7. The Balaban J connectivity index is 3.23. The molecule has 0 aromatic rings. The van der Waals surface area contributed by atoms with Crippen LogP contribution in [0.2, 0.25) is 0 Å². The molecule has 0 saturated heterocycles. The van der Waals surface area contributed by atoms with Crippen molar-refractivity contribution in [2.45, 2.75) is 135 Å². The molecule has 0 aromatic heterocycles. The highest BCUT2D eigenvalue weighted by Crippen LogP contribution is 2.12. The molecule has 0 aliphatic carbocycles. The van der Waals surface area contributed by atoms with Crippen molar-refractivity contribution in [2.75, 3.05) is 12.3 Å². The Kier molecular flexibility index (Phi) is 22.6. The van der Waals surface area contributed by atoms with Crippen LogP contribution in [0.4, 0.5) is 0 Å². The lowest BCUT2D eigenvalue weighted by Gasteiger charge is -2.05. The summed E-state index contributed by atoms with van der Waals surface area (Å²) in [5, 5.41) is 2.81. The first-order chi connectivity index (χ1) is 15.5. The minimum atomic E-state index is -3.88. The number of allylic oxidation sites excluding steroid dienone is 2. The monoisotopic (exact) mass is 473 g/mol. The molecule has 5 nitrogen and oxygen atoms in total. The Hall–Kier alpha value is -0.880. The molecule has 190 valence electrons. The number of hydrogen-bond donors (Lipinski definition) is 2. The number of hydrogen-bond acceptors (Lipinski definition) is 3. The van der Waals surface area contributed by atoms with E-state index in [0.717, 1.165) is 12.8 Å². The van der Waals surface area contributed by atoms with Crippen LogP contribution in [0.15, 0.2) is 12.2 Å². The first kappa shape index (κ1) is 31.1. The van der Waals surface area contributed by atoms with E-state index in [1.807, 2.05) is 0 Å². The van der Waals surface area contributed by atoms with Gasteiger partial charge in [-0.2, -0.15) is 8.42 Å². The number of amides is 1. The molecule has 0 unspecified atom stereocenters. The molecular weight excluding hydrogens is 422 g/mol. The highest BCUT2D eigenvalue weighted by atomic mass is 32.2. The number of nitrogens with one attached hydrogen (secondary N) is 1. The number of carbonyl (C=O) groups excluding carboxylic acids is 1. The fraction of sp³-hybridized carbons (Fsp3) is 0.885. The zero-order valence-electron chi connectivity index (χ0n) is 20.8. The minimum absolute atomic E-state index is 0.0397. The van der Waals surface area contributed by atoms with Crippen molar-refractivity contribution in [3.8, 4) is 0 Å². The molecule has 6 heteroatoms. The Labute approximate surface area is 199 Å². The molecule has 0 spiro atoms. The van der Waals surface area contributed by atoms with Crippen LogP contribution < -0.4 is 5.32 Å². The molecule has 0 bridgehead atoms. The van der Waals surface area contributed by atoms with E-state index in [0.29, 0.717) is 25.8 Å². The maximum absolute atomic E-state index is 11.7. The first-order valence-electron chi connectivity index (χ1n) is 13.3. The number of carbonyl (C=O) groups is 1. The van der Waals surface area contributed by atoms with Crippen LogP contribution in [0.1, 0.15) is 135 Å². The third-order valence-electron chi connectivity index (χ3n) is 5.82. The number of unbranched alkanes of at least 4 members (excludes halogenated alkanes) is 16. The summed E-state index contributed by atoms with van der Waals surface area (Å²) >= 11 is 0. The van der Waals surface area contributed by atoms with Crippen LogP contribution >= 0.6 is 0 Å². The molecule has 0 aliphatic rings. The van der Waals surface area contributed by atoms with Crippen molar-refractivity contribution in [3.05, 3.63) is 12.2 Å². The normalized spacial score (nSPS) is 11.9. The van der Waals surface area contributed by atoms with E-state index in [-0.39, 0.29) is 11.7 Å².